The Hall–Kier alpha value is -5.42. The van der Waals surface area contributed by atoms with Gasteiger partial charge >= 0.3 is 0 Å². The normalized spacial score (nSPS) is 11.1. The molecule has 7 rings (SSSR count). The lowest BCUT2D eigenvalue weighted by Gasteiger charge is -2.09. The second kappa shape index (κ2) is 9.80. The first-order valence-corrected chi connectivity index (χ1v) is 12.7. The van der Waals surface area contributed by atoms with Crippen molar-refractivity contribution in [3.8, 4) is 56.7 Å². The first-order valence-electron chi connectivity index (χ1n) is 12.7. The van der Waals surface area contributed by atoms with E-state index in [0.717, 1.165) is 44.5 Å². The van der Waals surface area contributed by atoms with Crippen LogP contribution in [0.15, 0.2) is 138 Å². The van der Waals surface area contributed by atoms with Crippen molar-refractivity contribution in [1.29, 1.82) is 0 Å². The van der Waals surface area contributed by atoms with Crippen molar-refractivity contribution in [2.75, 3.05) is 0 Å². The molecule has 0 aliphatic rings. The number of benzene rings is 5. The van der Waals surface area contributed by atoms with Crippen LogP contribution in [0.2, 0.25) is 0 Å². The molecule has 7 aromatic rings. The molecule has 2 heterocycles. The van der Waals surface area contributed by atoms with E-state index in [1.54, 1.807) is 0 Å². The predicted octanol–water partition coefficient (Wildman–Crippen LogP) is 8.35. The zero-order valence-electron chi connectivity index (χ0n) is 20.9. The Labute approximate surface area is 225 Å². The van der Waals surface area contributed by atoms with E-state index in [2.05, 4.69) is 18.2 Å². The summed E-state index contributed by atoms with van der Waals surface area (Å²) in [5.74, 6) is 2.48. The summed E-state index contributed by atoms with van der Waals surface area (Å²) in [7, 11) is 0. The summed E-state index contributed by atoms with van der Waals surface area (Å²) in [5, 5.41) is 0. The first-order chi connectivity index (χ1) is 19.3. The molecule has 0 unspecified atom stereocenters. The molecular weight excluding hydrogens is 480 g/mol. The highest BCUT2D eigenvalue weighted by molar-refractivity contribution is 5.92. The monoisotopic (exact) mass is 502 g/mol. The average Bonchev–Trinajstić information content (AvgIpc) is 3.47. The van der Waals surface area contributed by atoms with Crippen LogP contribution in [0.1, 0.15) is 0 Å². The largest absolute Gasteiger partial charge is 0.435 e. The zero-order chi connectivity index (χ0) is 26.0. The molecule has 0 atom stereocenters. The molecule has 0 aliphatic heterocycles. The van der Waals surface area contributed by atoms with Crippen LogP contribution in [-0.4, -0.2) is 19.9 Å². The molecule has 39 heavy (non-hydrogen) atoms. The van der Waals surface area contributed by atoms with Crippen LogP contribution in [0, 0.1) is 0 Å². The van der Waals surface area contributed by atoms with Crippen LogP contribution in [0.4, 0.5) is 0 Å². The molecule has 5 nitrogen and oxygen atoms in total. The Morgan fingerprint density at radius 1 is 0.385 bits per heavy atom. The Morgan fingerprint density at radius 3 is 1.49 bits per heavy atom. The van der Waals surface area contributed by atoms with Crippen molar-refractivity contribution in [3.63, 3.8) is 0 Å². The number of para-hydroxylation sites is 1. The number of hydrogen-bond donors (Lipinski definition) is 0. The third-order valence-corrected chi connectivity index (χ3v) is 6.57. The Kier molecular flexibility index (Phi) is 5.72. The van der Waals surface area contributed by atoms with Crippen molar-refractivity contribution < 1.29 is 4.42 Å². The topological polar surface area (TPSA) is 64.7 Å². The van der Waals surface area contributed by atoms with Crippen molar-refractivity contribution in [2.24, 2.45) is 0 Å². The maximum absolute atomic E-state index is 6.29. The first kappa shape index (κ1) is 22.8. The molecule has 0 N–H and O–H groups in total. The van der Waals surface area contributed by atoms with Gasteiger partial charge in [0, 0.05) is 27.8 Å². The predicted molar refractivity (Wildman–Crippen MR) is 155 cm³/mol. The lowest BCUT2D eigenvalue weighted by atomic mass is 10.0. The summed E-state index contributed by atoms with van der Waals surface area (Å²) in [6.45, 7) is 0. The van der Waals surface area contributed by atoms with Crippen LogP contribution < -0.4 is 0 Å². The molecule has 2 aromatic heterocycles. The summed E-state index contributed by atoms with van der Waals surface area (Å²) >= 11 is 0. The molecule has 184 valence electrons. The second-order valence-corrected chi connectivity index (χ2v) is 9.16. The van der Waals surface area contributed by atoms with Gasteiger partial charge in [-0.1, -0.05) is 109 Å². The smallest absolute Gasteiger partial charge is 0.227 e. The number of hydrogen-bond acceptors (Lipinski definition) is 5. The van der Waals surface area contributed by atoms with Crippen molar-refractivity contribution in [2.45, 2.75) is 0 Å². The number of oxazole rings is 1. The van der Waals surface area contributed by atoms with Crippen molar-refractivity contribution in [1.82, 2.24) is 19.9 Å². The van der Waals surface area contributed by atoms with Crippen LogP contribution >= 0.6 is 0 Å². The Balaban J connectivity index is 1.36. The summed E-state index contributed by atoms with van der Waals surface area (Å²) in [4.78, 5) is 19.3. The van der Waals surface area contributed by atoms with Gasteiger partial charge in [0.25, 0.3) is 0 Å². The second-order valence-electron chi connectivity index (χ2n) is 9.16. The van der Waals surface area contributed by atoms with Gasteiger partial charge in [-0.2, -0.15) is 0 Å². The molecule has 0 aliphatic carbocycles. The minimum Gasteiger partial charge on any atom is -0.435 e. The highest BCUT2D eigenvalue weighted by Gasteiger charge is 2.15. The molecule has 5 heteroatoms. The minimum atomic E-state index is 0.603. The SMILES string of the molecule is c1ccc(-c2nc(-c3ccccc3)nc(-c3cccc(-c4cccc5nc(-c6ccccc6)oc45)c3)n2)cc1. The number of fused-ring (bicyclic) bond motifs is 1. The third-order valence-electron chi connectivity index (χ3n) is 6.57. The van der Waals surface area contributed by atoms with Gasteiger partial charge < -0.3 is 4.42 Å². The van der Waals surface area contributed by atoms with Crippen molar-refractivity contribution >= 4 is 11.1 Å². The van der Waals surface area contributed by atoms with E-state index in [1.165, 1.54) is 0 Å². The fourth-order valence-corrected chi connectivity index (χ4v) is 4.64. The fourth-order valence-electron chi connectivity index (χ4n) is 4.64. The molecule has 0 fully saturated rings. The van der Waals surface area contributed by atoms with Gasteiger partial charge in [0.05, 0.1) is 0 Å². The van der Waals surface area contributed by atoms with E-state index in [1.807, 2.05) is 115 Å². The van der Waals surface area contributed by atoms with E-state index in [4.69, 9.17) is 24.4 Å². The van der Waals surface area contributed by atoms with E-state index in [9.17, 15) is 0 Å². The average molecular weight is 503 g/mol. The molecule has 0 spiro atoms. The summed E-state index contributed by atoms with van der Waals surface area (Å²) in [5.41, 5.74) is 7.24. The molecule has 5 aromatic carbocycles. The fraction of sp³-hybridized carbons (Fsp3) is 0. The highest BCUT2D eigenvalue weighted by Crippen LogP contribution is 2.34. The van der Waals surface area contributed by atoms with Gasteiger partial charge in [-0.15, -0.1) is 0 Å². The van der Waals surface area contributed by atoms with Gasteiger partial charge in [-0.3, -0.25) is 0 Å². The quantitative estimate of drug-likeness (QED) is 0.237. The van der Waals surface area contributed by atoms with Gasteiger partial charge in [0.1, 0.15) is 5.52 Å². The molecule has 0 bridgehead atoms. The lowest BCUT2D eigenvalue weighted by Crippen LogP contribution is -2.00. The van der Waals surface area contributed by atoms with Crippen LogP contribution in [0.5, 0.6) is 0 Å². The third kappa shape index (κ3) is 4.47. The van der Waals surface area contributed by atoms with Crippen LogP contribution in [-0.2, 0) is 0 Å². The summed E-state index contributed by atoms with van der Waals surface area (Å²) < 4.78 is 6.29. The molecule has 0 amide bonds. The van der Waals surface area contributed by atoms with E-state index in [-0.39, 0.29) is 0 Å². The molecular formula is C34H22N4O. The van der Waals surface area contributed by atoms with Gasteiger partial charge in [0.2, 0.25) is 5.89 Å². The van der Waals surface area contributed by atoms with Gasteiger partial charge in [-0.05, 0) is 29.8 Å². The number of rotatable bonds is 5. The lowest BCUT2D eigenvalue weighted by molar-refractivity contribution is 0.621. The molecule has 0 radical (unpaired) electrons. The number of nitrogens with zero attached hydrogens (tertiary/aromatic N) is 4. The highest BCUT2D eigenvalue weighted by atomic mass is 16.3. The maximum Gasteiger partial charge on any atom is 0.227 e. The van der Waals surface area contributed by atoms with Gasteiger partial charge in [0.15, 0.2) is 23.1 Å². The molecule has 0 saturated heterocycles. The summed E-state index contributed by atoms with van der Waals surface area (Å²) in [6, 6.07) is 44.2. The summed E-state index contributed by atoms with van der Waals surface area (Å²) in [6.07, 6.45) is 0. The Morgan fingerprint density at radius 2 is 0.872 bits per heavy atom. The minimum absolute atomic E-state index is 0.603. The number of aromatic nitrogens is 4. The zero-order valence-corrected chi connectivity index (χ0v) is 20.9. The van der Waals surface area contributed by atoms with Crippen molar-refractivity contribution in [3.05, 3.63) is 133 Å². The van der Waals surface area contributed by atoms with Crippen LogP contribution in [0.3, 0.4) is 0 Å². The van der Waals surface area contributed by atoms with E-state index >= 15 is 0 Å². The Bertz CT molecular complexity index is 1840. The van der Waals surface area contributed by atoms with E-state index in [0.29, 0.717) is 23.4 Å². The standard InChI is InChI=1S/C34H22N4O/c1-4-12-23(13-5-1)31-36-32(24-14-6-2-7-15-24)38-33(37-31)27-19-10-18-26(22-27)28-20-11-21-29-30(28)39-34(35-29)25-16-8-3-9-17-25/h1-22H. The van der Waals surface area contributed by atoms with E-state index < -0.39 is 0 Å². The molecule has 0 saturated carbocycles. The maximum atomic E-state index is 6.29. The van der Waals surface area contributed by atoms with Gasteiger partial charge in [-0.25, -0.2) is 19.9 Å². The van der Waals surface area contributed by atoms with Crippen LogP contribution in [0.25, 0.3) is 67.8 Å².